The number of carbonyl (C=O) groups is 1. The summed E-state index contributed by atoms with van der Waals surface area (Å²) in [7, 11) is 1.56. The van der Waals surface area contributed by atoms with Crippen LogP contribution in [0.3, 0.4) is 0 Å². The molecule has 1 aliphatic heterocycles. The monoisotopic (exact) mass is 340 g/mol. The molecule has 1 amide bonds. The Hall–Kier alpha value is -2.86. The third kappa shape index (κ3) is 3.08. The zero-order chi connectivity index (χ0) is 18.0. The number of benzene rings is 2. The molecule has 0 fully saturated rings. The standard InChI is InChI=1S/C19H20N2O4/c1-3-15-12-19(24,14-7-9-17(25-2)10-8-14)21(20-15)18(23)13-5-4-6-16(22)11-13/h4-11,22,24H,3,12H2,1-2H3/t19-/m0/s1. The summed E-state index contributed by atoms with van der Waals surface area (Å²) in [6.07, 6.45) is 0.864. The smallest absolute Gasteiger partial charge is 0.277 e. The number of hydrazone groups is 1. The van der Waals surface area contributed by atoms with Crippen LogP contribution in [0, 0.1) is 0 Å². The van der Waals surface area contributed by atoms with Gasteiger partial charge < -0.3 is 14.9 Å². The van der Waals surface area contributed by atoms with Gasteiger partial charge in [-0.1, -0.05) is 25.1 Å². The predicted molar refractivity (Wildman–Crippen MR) is 93.5 cm³/mol. The van der Waals surface area contributed by atoms with E-state index in [-0.39, 0.29) is 17.7 Å². The number of carbonyl (C=O) groups excluding carboxylic acids is 1. The van der Waals surface area contributed by atoms with Gasteiger partial charge in [-0.05, 0) is 36.8 Å². The number of amides is 1. The Kier molecular flexibility index (Phi) is 4.46. The van der Waals surface area contributed by atoms with Gasteiger partial charge in [0.2, 0.25) is 0 Å². The number of aliphatic hydroxyl groups is 1. The van der Waals surface area contributed by atoms with Crippen molar-refractivity contribution in [3.63, 3.8) is 0 Å². The quantitative estimate of drug-likeness (QED) is 0.896. The van der Waals surface area contributed by atoms with Crippen molar-refractivity contribution in [1.82, 2.24) is 5.01 Å². The van der Waals surface area contributed by atoms with E-state index in [1.807, 2.05) is 6.92 Å². The Labute approximate surface area is 146 Å². The Balaban J connectivity index is 2.01. The van der Waals surface area contributed by atoms with Crippen molar-refractivity contribution < 1.29 is 19.7 Å². The molecule has 3 rings (SSSR count). The number of hydrogen-bond acceptors (Lipinski definition) is 5. The number of phenolic OH excluding ortho intramolecular Hbond substituents is 1. The number of methoxy groups -OCH3 is 1. The molecular formula is C19H20N2O4. The molecule has 0 radical (unpaired) electrons. The fraction of sp³-hybridized carbons (Fsp3) is 0.263. The van der Waals surface area contributed by atoms with E-state index in [1.165, 1.54) is 12.1 Å². The first-order chi connectivity index (χ1) is 12.0. The van der Waals surface area contributed by atoms with Crippen molar-refractivity contribution in [2.75, 3.05) is 7.11 Å². The Morgan fingerprint density at radius 1 is 1.28 bits per heavy atom. The molecule has 0 unspecified atom stereocenters. The molecule has 0 saturated carbocycles. The molecule has 1 atom stereocenters. The van der Waals surface area contributed by atoms with Crippen molar-refractivity contribution in [2.45, 2.75) is 25.5 Å². The molecule has 2 aromatic rings. The molecule has 130 valence electrons. The summed E-state index contributed by atoms with van der Waals surface area (Å²) in [5.74, 6) is 0.170. The maximum atomic E-state index is 12.9. The summed E-state index contributed by atoms with van der Waals surface area (Å²) in [6, 6.07) is 12.9. The van der Waals surface area contributed by atoms with Crippen LogP contribution in [0.4, 0.5) is 0 Å². The first kappa shape index (κ1) is 17.0. The van der Waals surface area contributed by atoms with E-state index >= 15 is 0 Å². The average molecular weight is 340 g/mol. The van der Waals surface area contributed by atoms with Crippen molar-refractivity contribution in [3.05, 3.63) is 59.7 Å². The zero-order valence-corrected chi connectivity index (χ0v) is 14.1. The Morgan fingerprint density at radius 3 is 2.60 bits per heavy atom. The fourth-order valence-corrected chi connectivity index (χ4v) is 2.87. The lowest BCUT2D eigenvalue weighted by Gasteiger charge is -2.31. The first-order valence-corrected chi connectivity index (χ1v) is 8.05. The van der Waals surface area contributed by atoms with Gasteiger partial charge in [-0.2, -0.15) is 10.1 Å². The summed E-state index contributed by atoms with van der Waals surface area (Å²) >= 11 is 0. The highest BCUT2D eigenvalue weighted by Gasteiger charge is 2.45. The normalized spacial score (nSPS) is 19.6. The number of aromatic hydroxyl groups is 1. The summed E-state index contributed by atoms with van der Waals surface area (Å²) in [6.45, 7) is 1.93. The number of rotatable bonds is 4. The molecule has 2 aromatic carbocycles. The molecular weight excluding hydrogens is 320 g/mol. The highest BCUT2D eigenvalue weighted by atomic mass is 16.5. The number of hydrogen-bond donors (Lipinski definition) is 2. The van der Waals surface area contributed by atoms with Crippen LogP contribution in [0.25, 0.3) is 0 Å². The second-order valence-corrected chi connectivity index (χ2v) is 5.91. The molecule has 2 N–H and O–H groups in total. The lowest BCUT2D eigenvalue weighted by atomic mass is 9.96. The Bertz CT molecular complexity index is 816. The van der Waals surface area contributed by atoms with Crippen molar-refractivity contribution in [1.29, 1.82) is 0 Å². The third-order valence-corrected chi connectivity index (χ3v) is 4.29. The van der Waals surface area contributed by atoms with Crippen molar-refractivity contribution in [2.24, 2.45) is 5.10 Å². The molecule has 6 nitrogen and oxygen atoms in total. The van der Waals surface area contributed by atoms with Gasteiger partial charge in [0.1, 0.15) is 11.5 Å². The zero-order valence-electron chi connectivity index (χ0n) is 14.1. The number of ether oxygens (including phenoxy) is 1. The van der Waals surface area contributed by atoms with Gasteiger partial charge in [0, 0.05) is 23.3 Å². The summed E-state index contributed by atoms with van der Waals surface area (Å²) in [4.78, 5) is 12.9. The molecule has 1 heterocycles. The van der Waals surface area contributed by atoms with E-state index < -0.39 is 11.6 Å². The van der Waals surface area contributed by atoms with E-state index in [0.29, 0.717) is 17.7 Å². The van der Waals surface area contributed by atoms with Crippen LogP contribution in [0.5, 0.6) is 11.5 Å². The fourth-order valence-electron chi connectivity index (χ4n) is 2.87. The first-order valence-electron chi connectivity index (χ1n) is 8.05. The van der Waals surface area contributed by atoms with E-state index in [1.54, 1.807) is 43.5 Å². The van der Waals surface area contributed by atoms with Crippen molar-refractivity contribution in [3.8, 4) is 11.5 Å². The van der Waals surface area contributed by atoms with Crippen LogP contribution >= 0.6 is 0 Å². The lowest BCUT2D eigenvalue weighted by molar-refractivity contribution is -0.0765. The summed E-state index contributed by atoms with van der Waals surface area (Å²) in [5, 5.41) is 26.3. The van der Waals surface area contributed by atoms with Gasteiger partial charge in [0.15, 0.2) is 5.72 Å². The molecule has 0 bridgehead atoms. The number of phenols is 1. The van der Waals surface area contributed by atoms with Gasteiger partial charge in [-0.15, -0.1) is 0 Å². The van der Waals surface area contributed by atoms with Crippen LogP contribution in [0.15, 0.2) is 53.6 Å². The highest BCUT2D eigenvalue weighted by Crippen LogP contribution is 2.37. The van der Waals surface area contributed by atoms with Crippen LogP contribution in [-0.4, -0.2) is 34.0 Å². The van der Waals surface area contributed by atoms with E-state index in [4.69, 9.17) is 4.74 Å². The van der Waals surface area contributed by atoms with Crippen LogP contribution in [0.2, 0.25) is 0 Å². The van der Waals surface area contributed by atoms with Gasteiger partial charge in [-0.3, -0.25) is 4.79 Å². The molecule has 25 heavy (non-hydrogen) atoms. The molecule has 6 heteroatoms. The van der Waals surface area contributed by atoms with Gasteiger partial charge in [0.25, 0.3) is 5.91 Å². The predicted octanol–water partition coefficient (Wildman–Crippen LogP) is 2.86. The maximum Gasteiger partial charge on any atom is 0.277 e. The van der Waals surface area contributed by atoms with Crippen LogP contribution < -0.4 is 4.74 Å². The SMILES string of the molecule is CCC1=NN(C(=O)c2cccc(O)c2)[C@@](O)(c2ccc(OC)cc2)C1. The van der Waals surface area contributed by atoms with Crippen LogP contribution in [-0.2, 0) is 5.72 Å². The van der Waals surface area contributed by atoms with Crippen LogP contribution in [0.1, 0.15) is 35.7 Å². The van der Waals surface area contributed by atoms with E-state index in [0.717, 1.165) is 10.7 Å². The van der Waals surface area contributed by atoms with E-state index in [9.17, 15) is 15.0 Å². The highest BCUT2D eigenvalue weighted by molar-refractivity contribution is 5.98. The molecule has 0 saturated heterocycles. The second kappa shape index (κ2) is 6.57. The lowest BCUT2D eigenvalue weighted by Crippen LogP contribution is -2.43. The molecule has 0 aromatic heterocycles. The molecule has 0 aliphatic carbocycles. The summed E-state index contributed by atoms with van der Waals surface area (Å²) < 4.78 is 5.15. The summed E-state index contributed by atoms with van der Waals surface area (Å²) in [5.41, 5.74) is -0.0333. The minimum Gasteiger partial charge on any atom is -0.508 e. The minimum atomic E-state index is -1.57. The van der Waals surface area contributed by atoms with Crippen molar-refractivity contribution >= 4 is 11.6 Å². The van der Waals surface area contributed by atoms with Gasteiger partial charge in [-0.25, -0.2) is 0 Å². The molecule has 1 aliphatic rings. The largest absolute Gasteiger partial charge is 0.508 e. The van der Waals surface area contributed by atoms with Gasteiger partial charge in [0.05, 0.1) is 7.11 Å². The number of nitrogens with zero attached hydrogens (tertiary/aromatic N) is 2. The Morgan fingerprint density at radius 2 is 2.00 bits per heavy atom. The van der Waals surface area contributed by atoms with E-state index in [2.05, 4.69) is 5.10 Å². The van der Waals surface area contributed by atoms with Gasteiger partial charge >= 0.3 is 0 Å². The maximum absolute atomic E-state index is 12.9. The average Bonchev–Trinajstić information content (AvgIpc) is 2.99. The third-order valence-electron chi connectivity index (χ3n) is 4.29. The molecule has 0 spiro atoms. The topological polar surface area (TPSA) is 82.4 Å². The second-order valence-electron chi connectivity index (χ2n) is 5.91. The minimum absolute atomic E-state index is 0.0160.